The fourth-order valence-electron chi connectivity index (χ4n) is 4.15. The van der Waals surface area contributed by atoms with Crippen molar-refractivity contribution in [1.29, 1.82) is 0 Å². The molecule has 0 amide bonds. The number of aliphatic imine (C=N–C) groups is 1. The van der Waals surface area contributed by atoms with Gasteiger partial charge in [-0.15, -0.1) is 0 Å². The molecule has 4 aromatic rings. The van der Waals surface area contributed by atoms with Crippen LogP contribution < -0.4 is 9.47 Å². The molecule has 0 saturated carbocycles. The fraction of sp³-hybridized carbons (Fsp3) is 0.185. The van der Waals surface area contributed by atoms with E-state index in [1.54, 1.807) is 18.2 Å². The largest absolute Gasteiger partial charge is 0.494 e. The summed E-state index contributed by atoms with van der Waals surface area (Å²) in [7, 11) is 5.38. The van der Waals surface area contributed by atoms with Gasteiger partial charge in [0, 0.05) is 23.0 Å². The summed E-state index contributed by atoms with van der Waals surface area (Å²) in [4.78, 5) is 22.0. The molecule has 0 atom stereocenters. The summed E-state index contributed by atoms with van der Waals surface area (Å²) in [5.74, 6) is 0.767. The summed E-state index contributed by atoms with van der Waals surface area (Å²) in [6.45, 7) is 0.984. The lowest BCUT2D eigenvalue weighted by Crippen LogP contribution is -2.10. The van der Waals surface area contributed by atoms with E-state index in [0.717, 1.165) is 23.2 Å². The molecular weight excluding hydrogens is 446 g/mol. The molecule has 3 aromatic carbocycles. The third-order valence-corrected chi connectivity index (χ3v) is 5.76. The lowest BCUT2D eigenvalue weighted by molar-refractivity contribution is 0.0601. The van der Waals surface area contributed by atoms with Crippen LogP contribution in [0.4, 0.5) is 5.69 Å². The van der Waals surface area contributed by atoms with Gasteiger partial charge < -0.3 is 29.2 Å². The van der Waals surface area contributed by atoms with E-state index in [9.17, 15) is 9.90 Å². The first kappa shape index (κ1) is 22.5. The van der Waals surface area contributed by atoms with Crippen LogP contribution in [-0.4, -0.2) is 54.7 Å². The molecule has 8 heteroatoms. The summed E-state index contributed by atoms with van der Waals surface area (Å²) >= 11 is 0. The normalized spacial score (nSPS) is 13.0. The van der Waals surface area contributed by atoms with Crippen molar-refractivity contribution >= 4 is 28.3 Å². The number of aromatic amines is 1. The number of aromatic nitrogens is 1. The molecule has 0 unspecified atom stereocenters. The number of rotatable bonds is 6. The first-order valence-electron chi connectivity index (χ1n) is 11.1. The Bertz CT molecular complexity index is 1440. The zero-order valence-electron chi connectivity index (χ0n) is 19.7. The van der Waals surface area contributed by atoms with E-state index < -0.39 is 5.97 Å². The lowest BCUT2D eigenvalue weighted by atomic mass is 9.99. The Hall–Kier alpha value is -4.30. The van der Waals surface area contributed by atoms with Gasteiger partial charge in [-0.2, -0.15) is 0 Å². The second-order valence-corrected chi connectivity index (χ2v) is 8.53. The van der Waals surface area contributed by atoms with Crippen LogP contribution in [0.2, 0.25) is 0 Å². The van der Waals surface area contributed by atoms with Gasteiger partial charge in [-0.1, -0.05) is 18.2 Å². The molecule has 0 spiro atoms. The van der Waals surface area contributed by atoms with Gasteiger partial charge in [-0.05, 0) is 62.1 Å². The molecular formula is C27H25N3O5. The van der Waals surface area contributed by atoms with Crippen LogP contribution in [-0.2, 0) is 11.3 Å². The van der Waals surface area contributed by atoms with Crippen LogP contribution in [0.1, 0.15) is 27.0 Å². The van der Waals surface area contributed by atoms with E-state index >= 15 is 0 Å². The van der Waals surface area contributed by atoms with Crippen molar-refractivity contribution < 1.29 is 24.1 Å². The van der Waals surface area contributed by atoms with Gasteiger partial charge in [0.1, 0.15) is 0 Å². The number of fused-ring (bicyclic) bond motifs is 2. The summed E-state index contributed by atoms with van der Waals surface area (Å²) < 4.78 is 15.9. The van der Waals surface area contributed by atoms with Gasteiger partial charge >= 0.3 is 5.97 Å². The number of carbonyl (C=O) groups excluding carboxylic acids is 1. The number of hydrogen-bond donors (Lipinski definition) is 2. The first-order chi connectivity index (χ1) is 16.9. The van der Waals surface area contributed by atoms with Gasteiger partial charge in [0.2, 0.25) is 6.79 Å². The number of benzene rings is 3. The zero-order chi connectivity index (χ0) is 24.5. The molecule has 2 N–H and O–H groups in total. The van der Waals surface area contributed by atoms with E-state index in [1.807, 2.05) is 56.6 Å². The van der Waals surface area contributed by atoms with Crippen molar-refractivity contribution in [3.63, 3.8) is 0 Å². The van der Waals surface area contributed by atoms with Gasteiger partial charge in [0.05, 0.1) is 29.6 Å². The van der Waals surface area contributed by atoms with Gasteiger partial charge in [-0.3, -0.25) is 0 Å². The van der Waals surface area contributed by atoms with E-state index in [2.05, 4.69) is 9.88 Å². The van der Waals surface area contributed by atoms with Crippen LogP contribution in [0.15, 0.2) is 65.7 Å². The van der Waals surface area contributed by atoms with Crippen LogP contribution in [0.5, 0.6) is 17.4 Å². The average Bonchev–Trinajstić information content (AvgIpc) is 3.45. The van der Waals surface area contributed by atoms with Crippen LogP contribution in [0.25, 0.3) is 10.9 Å². The molecule has 178 valence electrons. The Kier molecular flexibility index (Phi) is 5.88. The van der Waals surface area contributed by atoms with E-state index in [4.69, 9.17) is 19.2 Å². The smallest absolute Gasteiger partial charge is 0.337 e. The number of esters is 1. The Morgan fingerprint density at radius 2 is 1.77 bits per heavy atom. The molecule has 1 aromatic heterocycles. The highest BCUT2D eigenvalue weighted by atomic mass is 16.7. The number of nitrogens with zero attached hydrogens (tertiary/aromatic N) is 2. The van der Waals surface area contributed by atoms with Crippen molar-refractivity contribution in [3.05, 3.63) is 82.9 Å². The molecule has 1 aliphatic heterocycles. The minimum atomic E-state index is -0.454. The summed E-state index contributed by atoms with van der Waals surface area (Å²) in [5, 5.41) is 11.7. The maximum Gasteiger partial charge on any atom is 0.337 e. The van der Waals surface area contributed by atoms with E-state index in [0.29, 0.717) is 33.9 Å². The van der Waals surface area contributed by atoms with Crippen molar-refractivity contribution in [2.75, 3.05) is 28.0 Å². The van der Waals surface area contributed by atoms with E-state index in [1.165, 1.54) is 12.7 Å². The molecule has 0 fully saturated rings. The summed E-state index contributed by atoms with van der Waals surface area (Å²) in [6.07, 6.45) is 0. The van der Waals surface area contributed by atoms with Crippen LogP contribution >= 0.6 is 0 Å². The van der Waals surface area contributed by atoms with Gasteiger partial charge in [-0.25, -0.2) is 9.79 Å². The SMILES string of the molecule is COC(=O)c1ccc2c(C(=Nc3ccc(CN(C)C)cc3)c3ccc4c(c3)OCO4)c(O)[nH]c2c1. The van der Waals surface area contributed by atoms with Gasteiger partial charge in [0.25, 0.3) is 0 Å². The minimum Gasteiger partial charge on any atom is -0.494 e. The summed E-state index contributed by atoms with van der Waals surface area (Å²) in [5.41, 5.74) is 4.70. The number of ether oxygens (including phenoxy) is 3. The molecule has 0 saturated heterocycles. The quantitative estimate of drug-likeness (QED) is 0.315. The molecule has 0 bridgehead atoms. The second-order valence-electron chi connectivity index (χ2n) is 8.53. The Morgan fingerprint density at radius 3 is 2.51 bits per heavy atom. The zero-order valence-corrected chi connectivity index (χ0v) is 19.7. The third kappa shape index (κ3) is 4.43. The third-order valence-electron chi connectivity index (χ3n) is 5.76. The minimum absolute atomic E-state index is 0.0531. The van der Waals surface area contributed by atoms with Crippen LogP contribution in [0, 0.1) is 0 Å². The van der Waals surface area contributed by atoms with Crippen molar-refractivity contribution in [2.45, 2.75) is 6.54 Å². The van der Waals surface area contributed by atoms with Gasteiger partial charge in [0.15, 0.2) is 17.4 Å². The van der Waals surface area contributed by atoms with Crippen molar-refractivity contribution in [3.8, 4) is 17.4 Å². The molecule has 5 rings (SSSR count). The Labute approximate surface area is 202 Å². The highest BCUT2D eigenvalue weighted by molar-refractivity contribution is 6.22. The average molecular weight is 472 g/mol. The number of methoxy groups -OCH3 is 1. The molecule has 35 heavy (non-hydrogen) atoms. The molecule has 2 heterocycles. The maximum absolute atomic E-state index is 12.0. The number of aromatic hydroxyl groups is 1. The molecule has 1 aliphatic rings. The summed E-state index contributed by atoms with van der Waals surface area (Å²) in [6, 6.07) is 18.6. The Morgan fingerprint density at radius 1 is 1.03 bits per heavy atom. The molecule has 0 aliphatic carbocycles. The molecule has 0 radical (unpaired) electrons. The predicted molar refractivity (Wildman–Crippen MR) is 133 cm³/mol. The standard InChI is InChI=1S/C27H25N3O5/c1-30(2)14-16-4-8-19(9-5-16)28-25(17-7-11-22-23(13-17)35-15-34-22)24-20-10-6-18(27(32)33-3)12-21(20)29-26(24)31/h4-13,29,31H,14-15H2,1-3H3. The van der Waals surface area contributed by atoms with Crippen molar-refractivity contribution in [1.82, 2.24) is 9.88 Å². The number of nitrogens with one attached hydrogen (secondary N) is 1. The highest BCUT2D eigenvalue weighted by Crippen LogP contribution is 2.37. The highest BCUT2D eigenvalue weighted by Gasteiger charge is 2.22. The number of carbonyl (C=O) groups is 1. The van der Waals surface area contributed by atoms with Crippen LogP contribution in [0.3, 0.4) is 0 Å². The topological polar surface area (TPSA) is 96.4 Å². The van der Waals surface area contributed by atoms with E-state index in [-0.39, 0.29) is 12.7 Å². The predicted octanol–water partition coefficient (Wildman–Crippen LogP) is 4.62. The second kappa shape index (κ2) is 9.15. The monoisotopic (exact) mass is 471 g/mol. The maximum atomic E-state index is 12.0. The lowest BCUT2D eigenvalue weighted by Gasteiger charge is -2.11. The fourth-order valence-corrected chi connectivity index (χ4v) is 4.15. The Balaban J connectivity index is 1.66. The van der Waals surface area contributed by atoms with Crippen molar-refractivity contribution in [2.24, 2.45) is 4.99 Å². The number of H-pyrrole nitrogens is 1. The number of hydrogen-bond acceptors (Lipinski definition) is 7. The first-order valence-corrected chi connectivity index (χ1v) is 11.1. The molecule has 8 nitrogen and oxygen atoms in total.